The second-order valence-electron chi connectivity index (χ2n) is 3.04. The molecule has 0 saturated heterocycles. The van der Waals surface area contributed by atoms with Gasteiger partial charge in [-0.25, -0.2) is 4.79 Å². The monoisotopic (exact) mass is 252 g/mol. The van der Waals surface area contributed by atoms with Gasteiger partial charge in [0.05, 0.1) is 0 Å². The summed E-state index contributed by atoms with van der Waals surface area (Å²) in [5, 5.41) is 7.60. The van der Waals surface area contributed by atoms with E-state index in [4.69, 9.17) is 14.6 Å². The van der Waals surface area contributed by atoms with E-state index in [1.807, 2.05) is 30.3 Å². The van der Waals surface area contributed by atoms with Gasteiger partial charge in [0.15, 0.2) is 0 Å². The van der Waals surface area contributed by atoms with Crippen molar-refractivity contribution in [3.63, 3.8) is 0 Å². The number of esters is 1. The van der Waals surface area contributed by atoms with E-state index in [1.165, 1.54) is 6.92 Å². The van der Waals surface area contributed by atoms with Gasteiger partial charge in [0.2, 0.25) is 0 Å². The summed E-state index contributed by atoms with van der Waals surface area (Å²) in [4.78, 5) is 19.6. The third-order valence-electron chi connectivity index (χ3n) is 1.58. The van der Waals surface area contributed by atoms with Crippen LogP contribution < -0.4 is 4.74 Å². The first kappa shape index (κ1) is 15.7. The molecule has 1 rings (SSSR count). The van der Waals surface area contributed by atoms with Gasteiger partial charge < -0.3 is 14.6 Å². The molecule has 0 radical (unpaired) electrons. The van der Waals surface area contributed by atoms with Crippen LogP contribution in [0.4, 0.5) is 0 Å². The molecular formula is C13H16O5. The molecule has 0 spiro atoms. The highest BCUT2D eigenvalue weighted by atomic mass is 16.6. The minimum Gasteiger partial charge on any atom is -0.490 e. The summed E-state index contributed by atoms with van der Waals surface area (Å²) >= 11 is 0. The van der Waals surface area contributed by atoms with Crippen LogP contribution in [0.2, 0.25) is 0 Å². The molecule has 1 N–H and O–H groups in total. The second-order valence-corrected chi connectivity index (χ2v) is 3.04. The van der Waals surface area contributed by atoms with E-state index in [0.29, 0.717) is 13.2 Å². The quantitative estimate of drug-likeness (QED) is 0.492. The first-order valence-electron chi connectivity index (χ1n) is 5.23. The number of aliphatic carboxylic acids is 1. The number of carboxylic acid groups (broad SMARTS) is 1. The van der Waals surface area contributed by atoms with E-state index >= 15 is 0 Å². The smallest absolute Gasteiger partial charge is 0.327 e. The number of carbonyl (C=O) groups excluding carboxylic acids is 1. The number of hydrogen-bond donors (Lipinski definition) is 1. The maximum atomic E-state index is 10.4. The van der Waals surface area contributed by atoms with Crippen molar-refractivity contribution in [2.24, 2.45) is 0 Å². The van der Waals surface area contributed by atoms with E-state index in [1.54, 1.807) is 0 Å². The average Bonchev–Trinajstić information content (AvgIpc) is 2.36. The Balaban J connectivity index is 0.000000494. The molecule has 0 fully saturated rings. The summed E-state index contributed by atoms with van der Waals surface area (Å²) in [7, 11) is 0. The number of ether oxygens (including phenoxy) is 2. The fourth-order valence-corrected chi connectivity index (χ4v) is 0.862. The standard InChI is InChI=1S/C10H12O3.C3H4O2/c1-9(11)12-7-8-13-10-5-3-2-4-6-10;1-2-3(4)5/h2-6H,7-8H2,1H3;2H,1H2,(H,4,5). The highest BCUT2D eigenvalue weighted by Gasteiger charge is 1.93. The van der Waals surface area contributed by atoms with Crippen LogP contribution in [-0.2, 0) is 14.3 Å². The molecule has 0 bridgehead atoms. The van der Waals surface area contributed by atoms with Crippen LogP contribution in [0.1, 0.15) is 6.92 Å². The van der Waals surface area contributed by atoms with Crippen molar-refractivity contribution in [2.75, 3.05) is 13.2 Å². The van der Waals surface area contributed by atoms with Gasteiger partial charge in [0.25, 0.3) is 0 Å². The molecule has 0 aliphatic heterocycles. The largest absolute Gasteiger partial charge is 0.490 e. The minimum atomic E-state index is -0.981. The first-order valence-corrected chi connectivity index (χ1v) is 5.23. The van der Waals surface area contributed by atoms with Crippen LogP contribution in [0, 0.1) is 0 Å². The molecule has 5 heteroatoms. The molecule has 1 aromatic rings. The normalized spacial score (nSPS) is 8.50. The van der Waals surface area contributed by atoms with E-state index in [0.717, 1.165) is 11.8 Å². The van der Waals surface area contributed by atoms with Crippen LogP contribution in [-0.4, -0.2) is 30.3 Å². The zero-order chi connectivity index (χ0) is 13.8. The lowest BCUT2D eigenvalue weighted by Gasteiger charge is -2.05. The van der Waals surface area contributed by atoms with Gasteiger partial charge in [0, 0.05) is 13.0 Å². The predicted octanol–water partition coefficient (Wildman–Crippen LogP) is 1.89. The Hall–Kier alpha value is -2.30. The lowest BCUT2D eigenvalue weighted by atomic mass is 10.3. The lowest BCUT2D eigenvalue weighted by Crippen LogP contribution is -2.09. The van der Waals surface area contributed by atoms with Crippen molar-refractivity contribution in [3.05, 3.63) is 43.0 Å². The summed E-state index contributed by atoms with van der Waals surface area (Å²) in [6.45, 7) is 5.03. The van der Waals surface area contributed by atoms with Crippen LogP contribution in [0.15, 0.2) is 43.0 Å². The highest BCUT2D eigenvalue weighted by Crippen LogP contribution is 2.07. The number of carbonyl (C=O) groups is 2. The van der Waals surface area contributed by atoms with Gasteiger partial charge in [-0.3, -0.25) is 4.79 Å². The van der Waals surface area contributed by atoms with Gasteiger partial charge in [0.1, 0.15) is 19.0 Å². The molecule has 0 amide bonds. The number of rotatable bonds is 5. The zero-order valence-corrected chi connectivity index (χ0v) is 10.2. The Morgan fingerprint density at radius 3 is 2.28 bits per heavy atom. The number of benzene rings is 1. The Morgan fingerprint density at radius 1 is 1.28 bits per heavy atom. The van der Waals surface area contributed by atoms with Crippen molar-refractivity contribution in [2.45, 2.75) is 6.92 Å². The van der Waals surface area contributed by atoms with Crippen molar-refractivity contribution in [3.8, 4) is 5.75 Å². The average molecular weight is 252 g/mol. The topological polar surface area (TPSA) is 72.8 Å². The number of para-hydroxylation sites is 1. The maximum absolute atomic E-state index is 10.4. The van der Waals surface area contributed by atoms with Crippen LogP contribution >= 0.6 is 0 Å². The summed E-state index contributed by atoms with van der Waals surface area (Å²) in [5.41, 5.74) is 0. The molecule has 0 aliphatic carbocycles. The van der Waals surface area contributed by atoms with Gasteiger partial charge in [-0.15, -0.1) is 0 Å². The van der Waals surface area contributed by atoms with Crippen molar-refractivity contribution in [1.29, 1.82) is 0 Å². The van der Waals surface area contributed by atoms with Crippen LogP contribution in [0.5, 0.6) is 5.75 Å². The van der Waals surface area contributed by atoms with Crippen molar-refractivity contribution >= 4 is 11.9 Å². The fraction of sp³-hybridized carbons (Fsp3) is 0.231. The summed E-state index contributed by atoms with van der Waals surface area (Å²) in [6, 6.07) is 9.41. The summed E-state index contributed by atoms with van der Waals surface area (Å²) < 4.78 is 9.98. The fourth-order valence-electron chi connectivity index (χ4n) is 0.862. The first-order chi connectivity index (χ1) is 8.56. The molecule has 0 unspecified atom stereocenters. The molecule has 0 aliphatic rings. The third-order valence-corrected chi connectivity index (χ3v) is 1.58. The van der Waals surface area contributed by atoms with Gasteiger partial charge in [-0.1, -0.05) is 24.8 Å². The molecule has 1 aromatic carbocycles. The lowest BCUT2D eigenvalue weighted by molar-refractivity contribution is -0.141. The number of carboxylic acids is 1. The second kappa shape index (κ2) is 9.89. The Labute approximate surface area is 106 Å². The van der Waals surface area contributed by atoms with Crippen molar-refractivity contribution in [1.82, 2.24) is 0 Å². The highest BCUT2D eigenvalue weighted by molar-refractivity contribution is 5.78. The molecule has 0 atom stereocenters. The SMILES string of the molecule is C=CC(=O)O.CC(=O)OCCOc1ccccc1. The molecule has 98 valence electrons. The van der Waals surface area contributed by atoms with E-state index in [-0.39, 0.29) is 5.97 Å². The maximum Gasteiger partial charge on any atom is 0.327 e. The molecular weight excluding hydrogens is 236 g/mol. The Morgan fingerprint density at radius 2 is 1.83 bits per heavy atom. The predicted molar refractivity (Wildman–Crippen MR) is 66.4 cm³/mol. The molecule has 18 heavy (non-hydrogen) atoms. The summed E-state index contributed by atoms with van der Waals surface area (Å²) in [5.74, 6) is -0.476. The minimum absolute atomic E-state index is 0.281. The van der Waals surface area contributed by atoms with E-state index in [9.17, 15) is 9.59 Å². The summed E-state index contributed by atoms with van der Waals surface area (Å²) in [6.07, 6.45) is 0.833. The molecule has 0 heterocycles. The Bertz CT molecular complexity index is 372. The van der Waals surface area contributed by atoms with Crippen LogP contribution in [0.25, 0.3) is 0 Å². The molecule has 0 saturated carbocycles. The Kier molecular flexibility index (Phi) is 8.63. The van der Waals surface area contributed by atoms with Gasteiger partial charge in [-0.05, 0) is 12.1 Å². The van der Waals surface area contributed by atoms with E-state index < -0.39 is 5.97 Å². The van der Waals surface area contributed by atoms with E-state index in [2.05, 4.69) is 6.58 Å². The van der Waals surface area contributed by atoms with Crippen LogP contribution in [0.3, 0.4) is 0 Å². The molecule has 5 nitrogen and oxygen atoms in total. The molecule has 0 aromatic heterocycles. The van der Waals surface area contributed by atoms with Crippen molar-refractivity contribution < 1.29 is 24.2 Å². The zero-order valence-electron chi connectivity index (χ0n) is 10.2. The number of hydrogen-bond acceptors (Lipinski definition) is 4. The third kappa shape index (κ3) is 10.2. The van der Waals surface area contributed by atoms with Gasteiger partial charge >= 0.3 is 11.9 Å². The van der Waals surface area contributed by atoms with Gasteiger partial charge in [-0.2, -0.15) is 0 Å².